The number of esters is 1. The summed E-state index contributed by atoms with van der Waals surface area (Å²) in [5.74, 6) is 1.39. The molecule has 0 fully saturated rings. The molecule has 0 aliphatic rings. The third-order valence-electron chi connectivity index (χ3n) is 3.13. The van der Waals surface area contributed by atoms with Crippen molar-refractivity contribution in [3.8, 4) is 11.5 Å². The molecule has 4 heteroatoms. The second-order valence-electron chi connectivity index (χ2n) is 4.73. The SMILES string of the molecule is COC(=O)CCc1ccc(Oc2ccc(Br)c(C)c2)cc1. The molecule has 0 aliphatic carbocycles. The maximum absolute atomic E-state index is 11.1. The van der Waals surface area contributed by atoms with Gasteiger partial charge in [0.05, 0.1) is 7.11 Å². The minimum absolute atomic E-state index is 0.194. The number of aryl methyl sites for hydroxylation is 2. The summed E-state index contributed by atoms with van der Waals surface area (Å²) < 4.78 is 11.5. The first kappa shape index (κ1) is 15.6. The molecule has 0 N–H and O–H groups in total. The van der Waals surface area contributed by atoms with E-state index in [-0.39, 0.29) is 5.97 Å². The van der Waals surface area contributed by atoms with Crippen LogP contribution in [0.3, 0.4) is 0 Å². The fourth-order valence-corrected chi connectivity index (χ4v) is 2.14. The number of benzene rings is 2. The molecular weight excluding hydrogens is 332 g/mol. The van der Waals surface area contributed by atoms with Crippen LogP contribution in [0.1, 0.15) is 17.5 Å². The van der Waals surface area contributed by atoms with Gasteiger partial charge in [0.15, 0.2) is 0 Å². The predicted octanol–water partition coefficient (Wildman–Crippen LogP) is 4.66. The van der Waals surface area contributed by atoms with E-state index in [9.17, 15) is 4.79 Å². The Balaban J connectivity index is 1.98. The van der Waals surface area contributed by atoms with E-state index in [1.807, 2.05) is 49.4 Å². The van der Waals surface area contributed by atoms with Crippen LogP contribution in [0.15, 0.2) is 46.9 Å². The lowest BCUT2D eigenvalue weighted by atomic mass is 10.1. The Labute approximate surface area is 133 Å². The highest BCUT2D eigenvalue weighted by Gasteiger charge is 2.03. The molecule has 0 heterocycles. The molecule has 0 saturated carbocycles. The molecule has 2 rings (SSSR count). The molecule has 0 atom stereocenters. The lowest BCUT2D eigenvalue weighted by Crippen LogP contribution is -2.01. The van der Waals surface area contributed by atoms with E-state index in [0.29, 0.717) is 12.8 Å². The normalized spacial score (nSPS) is 10.2. The molecule has 0 spiro atoms. The van der Waals surface area contributed by atoms with Crippen molar-refractivity contribution in [2.24, 2.45) is 0 Å². The average molecular weight is 349 g/mol. The summed E-state index contributed by atoms with van der Waals surface area (Å²) in [6, 6.07) is 13.6. The Morgan fingerprint density at radius 3 is 2.38 bits per heavy atom. The first-order valence-corrected chi connectivity index (χ1v) is 7.47. The number of halogens is 1. The fourth-order valence-electron chi connectivity index (χ4n) is 1.89. The van der Waals surface area contributed by atoms with Gasteiger partial charge in [-0.25, -0.2) is 0 Å². The van der Waals surface area contributed by atoms with E-state index in [4.69, 9.17) is 4.74 Å². The van der Waals surface area contributed by atoms with E-state index in [1.54, 1.807) is 0 Å². The Morgan fingerprint density at radius 1 is 1.10 bits per heavy atom. The summed E-state index contributed by atoms with van der Waals surface area (Å²) in [7, 11) is 1.40. The Hall–Kier alpha value is -1.81. The van der Waals surface area contributed by atoms with E-state index in [0.717, 1.165) is 27.1 Å². The largest absolute Gasteiger partial charge is 0.469 e. The van der Waals surface area contributed by atoms with E-state index in [1.165, 1.54) is 7.11 Å². The molecule has 0 unspecified atom stereocenters. The smallest absolute Gasteiger partial charge is 0.305 e. The Kier molecular flexibility index (Phi) is 5.39. The number of hydrogen-bond donors (Lipinski definition) is 0. The molecule has 3 nitrogen and oxygen atoms in total. The number of carbonyl (C=O) groups is 1. The number of methoxy groups -OCH3 is 1. The van der Waals surface area contributed by atoms with Crippen molar-refractivity contribution in [1.29, 1.82) is 0 Å². The Morgan fingerprint density at radius 2 is 1.76 bits per heavy atom. The number of carbonyl (C=O) groups excluding carboxylic acids is 1. The molecule has 0 radical (unpaired) electrons. The summed E-state index contributed by atoms with van der Waals surface area (Å²) in [4.78, 5) is 11.1. The maximum Gasteiger partial charge on any atom is 0.305 e. The molecule has 2 aromatic rings. The predicted molar refractivity (Wildman–Crippen MR) is 85.7 cm³/mol. The highest BCUT2D eigenvalue weighted by atomic mass is 79.9. The number of rotatable bonds is 5. The van der Waals surface area contributed by atoms with Crippen molar-refractivity contribution in [3.63, 3.8) is 0 Å². The minimum atomic E-state index is -0.194. The first-order valence-electron chi connectivity index (χ1n) is 6.68. The van der Waals surface area contributed by atoms with Crippen LogP contribution < -0.4 is 4.74 Å². The third-order valence-corrected chi connectivity index (χ3v) is 4.02. The molecule has 0 saturated heterocycles. The highest BCUT2D eigenvalue weighted by Crippen LogP contribution is 2.26. The lowest BCUT2D eigenvalue weighted by molar-refractivity contribution is -0.140. The van der Waals surface area contributed by atoms with Crippen molar-refractivity contribution >= 4 is 21.9 Å². The topological polar surface area (TPSA) is 35.5 Å². The van der Waals surface area contributed by atoms with Crippen molar-refractivity contribution in [1.82, 2.24) is 0 Å². The average Bonchev–Trinajstić information content (AvgIpc) is 2.50. The monoisotopic (exact) mass is 348 g/mol. The van der Waals surface area contributed by atoms with Gasteiger partial charge in [-0.05, 0) is 54.8 Å². The zero-order chi connectivity index (χ0) is 15.2. The summed E-state index contributed by atoms with van der Waals surface area (Å²) >= 11 is 3.47. The zero-order valence-corrected chi connectivity index (χ0v) is 13.6. The van der Waals surface area contributed by atoms with Crippen molar-refractivity contribution < 1.29 is 14.3 Å². The van der Waals surface area contributed by atoms with Crippen LogP contribution in [0.4, 0.5) is 0 Å². The lowest BCUT2D eigenvalue weighted by Gasteiger charge is -2.08. The van der Waals surface area contributed by atoms with Crippen LogP contribution in [0.25, 0.3) is 0 Å². The second kappa shape index (κ2) is 7.27. The van der Waals surface area contributed by atoms with Gasteiger partial charge in [-0.1, -0.05) is 28.1 Å². The van der Waals surface area contributed by atoms with Crippen LogP contribution in [0.5, 0.6) is 11.5 Å². The minimum Gasteiger partial charge on any atom is -0.469 e. The highest BCUT2D eigenvalue weighted by molar-refractivity contribution is 9.10. The van der Waals surface area contributed by atoms with Crippen molar-refractivity contribution in [2.45, 2.75) is 19.8 Å². The molecule has 0 bridgehead atoms. The van der Waals surface area contributed by atoms with Gasteiger partial charge in [-0.2, -0.15) is 0 Å². The summed E-state index contributed by atoms with van der Waals surface area (Å²) in [6.45, 7) is 2.02. The molecule has 0 amide bonds. The van der Waals surface area contributed by atoms with Crippen LogP contribution >= 0.6 is 15.9 Å². The van der Waals surface area contributed by atoms with Crippen LogP contribution in [-0.4, -0.2) is 13.1 Å². The molecule has 0 aliphatic heterocycles. The van der Waals surface area contributed by atoms with Crippen molar-refractivity contribution in [2.75, 3.05) is 7.11 Å². The quantitative estimate of drug-likeness (QED) is 0.737. The van der Waals surface area contributed by atoms with Gasteiger partial charge < -0.3 is 9.47 Å². The number of ether oxygens (including phenoxy) is 2. The first-order chi connectivity index (χ1) is 10.1. The standard InChI is InChI=1S/C17H17BrO3/c1-12-11-15(8-9-16(12)18)21-14-6-3-13(4-7-14)5-10-17(19)20-2/h3-4,6-9,11H,5,10H2,1-2H3. The van der Waals surface area contributed by atoms with Gasteiger partial charge in [0.2, 0.25) is 0 Å². The maximum atomic E-state index is 11.1. The van der Waals surface area contributed by atoms with E-state index >= 15 is 0 Å². The van der Waals surface area contributed by atoms with Gasteiger partial charge in [0.25, 0.3) is 0 Å². The van der Waals surface area contributed by atoms with Gasteiger partial charge in [-0.15, -0.1) is 0 Å². The van der Waals surface area contributed by atoms with Crippen LogP contribution in [0, 0.1) is 6.92 Å². The van der Waals surface area contributed by atoms with Crippen molar-refractivity contribution in [3.05, 3.63) is 58.1 Å². The summed E-state index contributed by atoms with van der Waals surface area (Å²) in [6.07, 6.45) is 1.06. The fraction of sp³-hybridized carbons (Fsp3) is 0.235. The van der Waals surface area contributed by atoms with E-state index in [2.05, 4.69) is 20.7 Å². The van der Waals surface area contributed by atoms with Gasteiger partial charge in [-0.3, -0.25) is 4.79 Å². The molecule has 21 heavy (non-hydrogen) atoms. The second-order valence-corrected chi connectivity index (χ2v) is 5.59. The molecule has 110 valence electrons. The number of hydrogen-bond acceptors (Lipinski definition) is 3. The third kappa shape index (κ3) is 4.60. The zero-order valence-electron chi connectivity index (χ0n) is 12.1. The summed E-state index contributed by atoms with van der Waals surface area (Å²) in [5.41, 5.74) is 2.21. The molecule has 2 aromatic carbocycles. The molecule has 0 aromatic heterocycles. The van der Waals surface area contributed by atoms with Crippen LogP contribution in [-0.2, 0) is 16.0 Å². The van der Waals surface area contributed by atoms with Gasteiger partial charge >= 0.3 is 5.97 Å². The van der Waals surface area contributed by atoms with E-state index < -0.39 is 0 Å². The van der Waals surface area contributed by atoms with Gasteiger partial charge in [0, 0.05) is 10.9 Å². The summed E-state index contributed by atoms with van der Waals surface area (Å²) in [5, 5.41) is 0. The Bertz CT molecular complexity index is 620. The molecular formula is C17H17BrO3. The van der Waals surface area contributed by atoms with Crippen LogP contribution in [0.2, 0.25) is 0 Å². The van der Waals surface area contributed by atoms with Gasteiger partial charge in [0.1, 0.15) is 11.5 Å².